The summed E-state index contributed by atoms with van der Waals surface area (Å²) in [5.74, 6) is -0.356. The molecule has 0 aromatic carbocycles. The molecule has 0 saturated carbocycles. The second kappa shape index (κ2) is 7.48. The molecule has 1 heterocycles. The third-order valence-electron chi connectivity index (χ3n) is 4.19. The number of fused-ring (bicyclic) bond motifs is 1. The highest BCUT2D eigenvalue weighted by atomic mass is 32.2. The first kappa shape index (κ1) is 18.7. The van der Waals surface area contributed by atoms with E-state index in [9.17, 15) is 14.4 Å². The molecule has 2 rings (SSSR count). The fourth-order valence-corrected chi connectivity index (χ4v) is 3.85. The van der Waals surface area contributed by atoms with Crippen LogP contribution in [0.15, 0.2) is 16.1 Å². The maximum Gasteiger partial charge on any atom is 0.270 e. The van der Waals surface area contributed by atoms with Gasteiger partial charge in [0.25, 0.3) is 5.91 Å². The largest absolute Gasteiger partial charge is 0.382 e. The molecule has 1 aliphatic carbocycles. The van der Waals surface area contributed by atoms with E-state index in [0.29, 0.717) is 4.91 Å². The number of thioether (sulfide) groups is 1. The SMILES string of the molecule is CNC(=O)C1=NOC2C(=O)C=C(SCCCCN(C)C)C(=O)C12C. The number of carbonyl (C=O) groups excluding carboxylic acids is 3. The predicted molar refractivity (Wildman–Crippen MR) is 92.8 cm³/mol. The smallest absolute Gasteiger partial charge is 0.270 e. The summed E-state index contributed by atoms with van der Waals surface area (Å²) in [5, 5.41) is 6.14. The molecule has 0 saturated heterocycles. The topological polar surface area (TPSA) is 88.1 Å². The van der Waals surface area contributed by atoms with Crippen LogP contribution in [0.4, 0.5) is 0 Å². The molecule has 0 bridgehead atoms. The highest BCUT2D eigenvalue weighted by Gasteiger charge is 2.59. The van der Waals surface area contributed by atoms with Crippen molar-refractivity contribution in [2.24, 2.45) is 10.6 Å². The molecule has 0 aromatic rings. The Hall–Kier alpha value is -1.67. The van der Waals surface area contributed by atoms with Crippen LogP contribution in [0.1, 0.15) is 19.8 Å². The minimum absolute atomic E-state index is 0.0350. The van der Waals surface area contributed by atoms with Gasteiger partial charge in [0.05, 0.1) is 4.91 Å². The van der Waals surface area contributed by atoms with Gasteiger partial charge in [0.2, 0.25) is 11.9 Å². The maximum absolute atomic E-state index is 12.9. The van der Waals surface area contributed by atoms with E-state index < -0.39 is 17.4 Å². The van der Waals surface area contributed by atoms with Gasteiger partial charge in [-0.05, 0) is 46.2 Å². The zero-order valence-corrected chi connectivity index (χ0v) is 15.2. The number of unbranched alkanes of at least 4 members (excludes halogenated alkanes) is 1. The molecule has 8 heteroatoms. The van der Waals surface area contributed by atoms with Crippen molar-refractivity contribution < 1.29 is 19.2 Å². The first-order valence-electron chi connectivity index (χ1n) is 7.86. The van der Waals surface area contributed by atoms with Crippen LogP contribution >= 0.6 is 11.8 Å². The monoisotopic (exact) mass is 353 g/mol. The van der Waals surface area contributed by atoms with E-state index in [0.717, 1.165) is 25.1 Å². The molecule has 0 fully saturated rings. The van der Waals surface area contributed by atoms with Gasteiger partial charge in [0.1, 0.15) is 5.41 Å². The molecular weight excluding hydrogens is 330 g/mol. The molecule has 2 aliphatic rings. The van der Waals surface area contributed by atoms with Crippen LogP contribution in [0.2, 0.25) is 0 Å². The average molecular weight is 353 g/mol. The highest BCUT2D eigenvalue weighted by molar-refractivity contribution is 8.04. The molecule has 2 unspecified atom stereocenters. The van der Waals surface area contributed by atoms with Gasteiger partial charge in [-0.2, -0.15) is 0 Å². The van der Waals surface area contributed by atoms with E-state index in [-0.39, 0.29) is 17.3 Å². The number of carbonyl (C=O) groups is 3. The van der Waals surface area contributed by atoms with E-state index in [2.05, 4.69) is 15.4 Å². The molecule has 1 aliphatic heterocycles. The molecule has 0 radical (unpaired) electrons. The molecule has 2 atom stereocenters. The molecule has 0 aromatic heterocycles. The van der Waals surface area contributed by atoms with Crippen LogP contribution in [0.3, 0.4) is 0 Å². The van der Waals surface area contributed by atoms with Gasteiger partial charge in [-0.1, -0.05) is 5.16 Å². The average Bonchev–Trinajstić information content (AvgIpc) is 2.90. The minimum atomic E-state index is -1.35. The van der Waals surface area contributed by atoms with Crippen LogP contribution in [-0.4, -0.2) is 67.6 Å². The first-order valence-corrected chi connectivity index (χ1v) is 8.85. The lowest BCUT2D eigenvalue weighted by Gasteiger charge is -2.30. The Kier molecular flexibility index (Phi) is 5.82. The second-order valence-electron chi connectivity index (χ2n) is 6.31. The van der Waals surface area contributed by atoms with E-state index in [1.807, 2.05) is 14.1 Å². The zero-order valence-electron chi connectivity index (χ0n) is 14.4. The standard InChI is InChI=1S/C16H23N3O4S/c1-16-12(15(22)17-2)18-23-14(16)10(20)9-11(13(16)21)24-8-6-5-7-19(3)4/h9,14H,5-8H2,1-4H3,(H,17,22). The number of allylic oxidation sites excluding steroid dienone is 1. The number of ketones is 2. The van der Waals surface area contributed by atoms with Gasteiger partial charge in [0, 0.05) is 13.1 Å². The van der Waals surface area contributed by atoms with Crippen LogP contribution in [-0.2, 0) is 19.2 Å². The van der Waals surface area contributed by atoms with Gasteiger partial charge < -0.3 is 15.1 Å². The number of Topliss-reactive ketones (excluding diaryl/α,β-unsaturated/α-hetero) is 1. The normalized spacial score (nSPS) is 26.0. The highest BCUT2D eigenvalue weighted by Crippen LogP contribution is 2.42. The number of rotatable bonds is 7. The zero-order chi connectivity index (χ0) is 17.9. The molecule has 0 spiro atoms. The molecule has 132 valence electrons. The van der Waals surface area contributed by atoms with Crippen molar-refractivity contribution in [1.29, 1.82) is 0 Å². The fraction of sp³-hybridized carbons (Fsp3) is 0.625. The minimum Gasteiger partial charge on any atom is -0.382 e. The molecular formula is C16H23N3O4S. The van der Waals surface area contributed by atoms with Gasteiger partial charge in [-0.15, -0.1) is 11.8 Å². The Labute approximate surface area is 145 Å². The Morgan fingerprint density at radius 2 is 2.12 bits per heavy atom. The summed E-state index contributed by atoms with van der Waals surface area (Å²) in [6.45, 7) is 2.53. The van der Waals surface area contributed by atoms with Crippen molar-refractivity contribution in [3.63, 3.8) is 0 Å². The molecule has 1 N–H and O–H groups in total. The molecule has 24 heavy (non-hydrogen) atoms. The first-order chi connectivity index (χ1) is 11.3. The van der Waals surface area contributed by atoms with Crippen LogP contribution in [0, 0.1) is 5.41 Å². The van der Waals surface area contributed by atoms with E-state index in [1.54, 1.807) is 6.92 Å². The Morgan fingerprint density at radius 1 is 1.42 bits per heavy atom. The number of oxime groups is 1. The third kappa shape index (κ3) is 3.39. The number of hydrogen-bond donors (Lipinski definition) is 1. The fourth-order valence-electron chi connectivity index (χ4n) is 2.73. The second-order valence-corrected chi connectivity index (χ2v) is 7.44. The van der Waals surface area contributed by atoms with Gasteiger partial charge in [0.15, 0.2) is 11.5 Å². The van der Waals surface area contributed by atoms with Crippen LogP contribution in [0.25, 0.3) is 0 Å². The summed E-state index contributed by atoms with van der Waals surface area (Å²) in [6, 6.07) is 0. The predicted octanol–water partition coefficient (Wildman–Crippen LogP) is 0.604. The maximum atomic E-state index is 12.9. The van der Waals surface area contributed by atoms with E-state index in [4.69, 9.17) is 4.84 Å². The Bertz CT molecular complexity index is 614. The van der Waals surface area contributed by atoms with Crippen molar-refractivity contribution in [2.45, 2.75) is 25.9 Å². The molecule has 1 amide bonds. The van der Waals surface area contributed by atoms with Gasteiger partial charge in [-0.25, -0.2) is 0 Å². The van der Waals surface area contributed by atoms with Crippen molar-refractivity contribution in [3.8, 4) is 0 Å². The van der Waals surface area contributed by atoms with Crippen LogP contribution < -0.4 is 5.32 Å². The number of amides is 1. The van der Waals surface area contributed by atoms with Crippen molar-refractivity contribution >= 4 is 34.9 Å². The van der Waals surface area contributed by atoms with Gasteiger partial charge >= 0.3 is 0 Å². The van der Waals surface area contributed by atoms with E-state index in [1.165, 1.54) is 24.9 Å². The van der Waals surface area contributed by atoms with Gasteiger partial charge in [-0.3, -0.25) is 14.4 Å². The van der Waals surface area contributed by atoms with Crippen molar-refractivity contribution in [2.75, 3.05) is 33.4 Å². The van der Waals surface area contributed by atoms with Crippen molar-refractivity contribution in [1.82, 2.24) is 10.2 Å². The summed E-state index contributed by atoms with van der Waals surface area (Å²) in [4.78, 5) is 44.7. The molecule has 7 nitrogen and oxygen atoms in total. The Balaban J connectivity index is 2.09. The number of nitrogens with one attached hydrogen (secondary N) is 1. The Morgan fingerprint density at radius 3 is 2.75 bits per heavy atom. The number of nitrogens with zero attached hydrogens (tertiary/aromatic N) is 2. The summed E-state index contributed by atoms with van der Waals surface area (Å²) in [6.07, 6.45) is 2.24. The lowest BCUT2D eigenvalue weighted by molar-refractivity contribution is -0.138. The third-order valence-corrected chi connectivity index (χ3v) is 5.30. The van der Waals surface area contributed by atoms with Crippen LogP contribution in [0.5, 0.6) is 0 Å². The quantitative estimate of drug-likeness (QED) is 0.675. The van der Waals surface area contributed by atoms with Crippen molar-refractivity contribution in [3.05, 3.63) is 11.0 Å². The van der Waals surface area contributed by atoms with E-state index >= 15 is 0 Å². The lowest BCUT2D eigenvalue weighted by Crippen LogP contribution is -2.53. The summed E-state index contributed by atoms with van der Waals surface area (Å²) in [7, 11) is 5.48. The number of hydrogen-bond acceptors (Lipinski definition) is 7. The lowest BCUT2D eigenvalue weighted by atomic mass is 9.71. The summed E-state index contributed by atoms with van der Waals surface area (Å²) < 4.78 is 0. The summed E-state index contributed by atoms with van der Waals surface area (Å²) >= 11 is 1.36. The summed E-state index contributed by atoms with van der Waals surface area (Å²) in [5.41, 5.74) is -1.38.